The molecule has 0 bridgehead atoms. The molecule has 0 saturated carbocycles. The summed E-state index contributed by atoms with van der Waals surface area (Å²) in [5.41, 5.74) is 4.76. The fourth-order valence-electron chi connectivity index (χ4n) is 2.96. The van der Waals surface area contributed by atoms with Crippen LogP contribution >= 0.6 is 11.6 Å². The summed E-state index contributed by atoms with van der Waals surface area (Å²) in [4.78, 5) is 27.8. The highest BCUT2D eigenvalue weighted by molar-refractivity contribution is 6.29. The maximum Gasteiger partial charge on any atom is 0.357 e. The van der Waals surface area contributed by atoms with Crippen molar-refractivity contribution in [3.8, 4) is 5.82 Å². The van der Waals surface area contributed by atoms with Crippen LogP contribution in [0, 0.1) is 0 Å². The maximum atomic E-state index is 11.7. The van der Waals surface area contributed by atoms with Gasteiger partial charge in [-0.2, -0.15) is 10.1 Å². The van der Waals surface area contributed by atoms with Gasteiger partial charge >= 0.3 is 5.97 Å². The van der Waals surface area contributed by atoms with Crippen LogP contribution in [0.25, 0.3) is 16.7 Å². The maximum absolute atomic E-state index is 11.7. The van der Waals surface area contributed by atoms with Crippen LogP contribution in [-0.2, 0) is 5.60 Å². The molecule has 4 rings (SSSR count). The minimum atomic E-state index is -1.53. The summed E-state index contributed by atoms with van der Waals surface area (Å²) in [6.45, 7) is 1.54. The Bertz CT molecular complexity index is 1220. The molecule has 3 aromatic heterocycles. The van der Waals surface area contributed by atoms with Crippen molar-refractivity contribution in [1.29, 1.82) is 0 Å². The minimum Gasteiger partial charge on any atom is -0.476 e. The molecule has 0 amide bonds. The van der Waals surface area contributed by atoms with Crippen molar-refractivity contribution in [3.05, 3.63) is 65.0 Å². The Balaban J connectivity index is 1.97. The van der Waals surface area contributed by atoms with Crippen molar-refractivity contribution in [1.82, 2.24) is 29.7 Å². The molecule has 0 saturated heterocycles. The first kappa shape index (κ1) is 18.7. The predicted octanol–water partition coefficient (Wildman–Crippen LogP) is 1.80. The summed E-state index contributed by atoms with van der Waals surface area (Å²) in [6, 6.07) is 7.79. The fraction of sp³-hybridized carbons (Fsp3) is 0.111. The quantitative estimate of drug-likeness (QED) is 0.426. The zero-order chi connectivity index (χ0) is 20.8. The van der Waals surface area contributed by atoms with Crippen molar-refractivity contribution in [2.75, 3.05) is 5.73 Å². The SMILES string of the molecule is CC(O)(c1ccc2c(C(=O)O)nn(-c3cc(Cl)nc(N)n3)c2c1)c1ncccn1. The number of nitrogens with two attached hydrogens (primary N) is 1. The lowest BCUT2D eigenvalue weighted by Gasteiger charge is -2.22. The molecule has 1 unspecified atom stereocenters. The van der Waals surface area contributed by atoms with E-state index in [0.29, 0.717) is 16.5 Å². The Morgan fingerprint density at radius 1 is 1.21 bits per heavy atom. The van der Waals surface area contributed by atoms with Gasteiger partial charge in [0.15, 0.2) is 17.3 Å². The molecule has 10 nitrogen and oxygen atoms in total. The Kier molecular flexibility index (Phi) is 4.36. The van der Waals surface area contributed by atoms with E-state index in [4.69, 9.17) is 17.3 Å². The standard InChI is InChI=1S/C18H14ClN7O3/c1-18(29,16-21-5-2-6-22-16)9-3-4-10-11(7-9)26(25-14(10)15(27)28)13-8-12(19)23-17(20)24-13/h2-8,29H,1H3,(H,27,28)(H2,20,23,24). The number of nitrogens with zero attached hydrogens (tertiary/aromatic N) is 6. The molecular formula is C18H14ClN7O3. The van der Waals surface area contributed by atoms with Crippen LogP contribution in [0.4, 0.5) is 5.95 Å². The summed E-state index contributed by atoms with van der Waals surface area (Å²) in [6.07, 6.45) is 3.04. The van der Waals surface area contributed by atoms with Gasteiger partial charge in [-0.25, -0.2) is 24.4 Å². The second kappa shape index (κ2) is 6.76. The normalized spacial score (nSPS) is 13.3. The van der Waals surface area contributed by atoms with Crippen molar-refractivity contribution < 1.29 is 15.0 Å². The number of nitrogen functional groups attached to an aromatic ring is 1. The number of carboxylic acids is 1. The molecule has 0 radical (unpaired) electrons. The predicted molar refractivity (Wildman–Crippen MR) is 104 cm³/mol. The Morgan fingerprint density at radius 2 is 1.93 bits per heavy atom. The van der Waals surface area contributed by atoms with Crippen LogP contribution in [0.3, 0.4) is 0 Å². The minimum absolute atomic E-state index is 0.0776. The Hall–Kier alpha value is -3.63. The summed E-state index contributed by atoms with van der Waals surface area (Å²) in [5, 5.41) is 25.1. The number of aromatic carboxylic acids is 1. The number of halogens is 1. The van der Waals surface area contributed by atoms with Gasteiger partial charge in [-0.15, -0.1) is 0 Å². The highest BCUT2D eigenvalue weighted by Crippen LogP contribution is 2.31. The molecule has 29 heavy (non-hydrogen) atoms. The molecule has 0 aliphatic carbocycles. The largest absolute Gasteiger partial charge is 0.476 e. The van der Waals surface area contributed by atoms with Gasteiger partial charge in [0.25, 0.3) is 0 Å². The van der Waals surface area contributed by atoms with E-state index in [2.05, 4.69) is 25.0 Å². The van der Waals surface area contributed by atoms with E-state index in [-0.39, 0.29) is 28.4 Å². The molecule has 0 fully saturated rings. The Labute approximate surface area is 168 Å². The van der Waals surface area contributed by atoms with Crippen LogP contribution in [0.1, 0.15) is 28.8 Å². The summed E-state index contributed by atoms with van der Waals surface area (Å²) in [5.74, 6) is -0.924. The van der Waals surface area contributed by atoms with Gasteiger partial charge in [0.1, 0.15) is 10.8 Å². The topological polar surface area (TPSA) is 153 Å². The van der Waals surface area contributed by atoms with Crippen molar-refractivity contribution >= 4 is 34.4 Å². The van der Waals surface area contributed by atoms with Gasteiger partial charge in [0.2, 0.25) is 5.95 Å². The van der Waals surface area contributed by atoms with Crippen LogP contribution in [0.15, 0.2) is 42.7 Å². The van der Waals surface area contributed by atoms with Crippen molar-refractivity contribution in [2.24, 2.45) is 0 Å². The second-order valence-electron chi connectivity index (χ2n) is 6.35. The third kappa shape index (κ3) is 3.24. The monoisotopic (exact) mass is 411 g/mol. The smallest absolute Gasteiger partial charge is 0.357 e. The van der Waals surface area contributed by atoms with E-state index in [1.807, 2.05) is 0 Å². The molecule has 3 heterocycles. The highest BCUT2D eigenvalue weighted by Gasteiger charge is 2.30. The van der Waals surface area contributed by atoms with Gasteiger partial charge in [0, 0.05) is 23.8 Å². The molecule has 11 heteroatoms. The molecule has 146 valence electrons. The third-order valence-electron chi connectivity index (χ3n) is 4.36. The third-order valence-corrected chi connectivity index (χ3v) is 4.56. The first-order chi connectivity index (χ1) is 13.8. The first-order valence-electron chi connectivity index (χ1n) is 8.34. The van der Waals surface area contributed by atoms with Crippen molar-refractivity contribution in [2.45, 2.75) is 12.5 Å². The van der Waals surface area contributed by atoms with E-state index < -0.39 is 11.6 Å². The van der Waals surface area contributed by atoms with Gasteiger partial charge in [-0.05, 0) is 30.7 Å². The molecule has 4 N–H and O–H groups in total. The number of hydrogen-bond donors (Lipinski definition) is 3. The second-order valence-corrected chi connectivity index (χ2v) is 6.74. The number of carbonyl (C=O) groups is 1. The van der Waals surface area contributed by atoms with E-state index in [0.717, 1.165) is 0 Å². The molecule has 0 aliphatic rings. The zero-order valence-corrected chi connectivity index (χ0v) is 15.7. The molecule has 1 aromatic carbocycles. The van der Waals surface area contributed by atoms with Gasteiger partial charge < -0.3 is 15.9 Å². The summed E-state index contributed by atoms with van der Waals surface area (Å²) in [7, 11) is 0. The van der Waals surface area contributed by atoms with Gasteiger partial charge in [0.05, 0.1) is 5.52 Å². The number of carboxylic acid groups (broad SMARTS) is 1. The molecular weight excluding hydrogens is 398 g/mol. The average Bonchev–Trinajstić information content (AvgIpc) is 3.07. The number of aliphatic hydroxyl groups is 1. The van der Waals surface area contributed by atoms with Crippen LogP contribution in [-0.4, -0.2) is 45.9 Å². The molecule has 4 aromatic rings. The van der Waals surface area contributed by atoms with E-state index in [1.165, 1.54) is 23.1 Å². The summed E-state index contributed by atoms with van der Waals surface area (Å²) >= 11 is 5.96. The van der Waals surface area contributed by atoms with Crippen LogP contribution < -0.4 is 5.73 Å². The van der Waals surface area contributed by atoms with Crippen LogP contribution in [0.2, 0.25) is 5.15 Å². The van der Waals surface area contributed by atoms with Crippen molar-refractivity contribution in [3.63, 3.8) is 0 Å². The fourth-order valence-corrected chi connectivity index (χ4v) is 3.15. The highest BCUT2D eigenvalue weighted by atomic mass is 35.5. The number of anilines is 1. The number of benzene rings is 1. The molecule has 0 spiro atoms. The first-order valence-corrected chi connectivity index (χ1v) is 8.72. The van der Waals surface area contributed by atoms with E-state index in [1.54, 1.807) is 31.2 Å². The Morgan fingerprint density at radius 3 is 2.59 bits per heavy atom. The lowest BCUT2D eigenvalue weighted by molar-refractivity contribution is 0.0692. The summed E-state index contributed by atoms with van der Waals surface area (Å²) < 4.78 is 1.29. The van der Waals surface area contributed by atoms with Gasteiger partial charge in [-0.3, -0.25) is 0 Å². The number of rotatable bonds is 4. The molecule has 0 aliphatic heterocycles. The number of fused-ring (bicyclic) bond motifs is 1. The molecule has 1 atom stereocenters. The van der Waals surface area contributed by atoms with E-state index in [9.17, 15) is 15.0 Å². The lowest BCUT2D eigenvalue weighted by atomic mass is 9.94. The number of aromatic nitrogens is 6. The zero-order valence-electron chi connectivity index (χ0n) is 15.0. The average molecular weight is 412 g/mol. The number of hydrogen-bond acceptors (Lipinski definition) is 8. The lowest BCUT2D eigenvalue weighted by Crippen LogP contribution is -2.25. The van der Waals surface area contributed by atoms with E-state index >= 15 is 0 Å². The van der Waals surface area contributed by atoms with Gasteiger partial charge in [-0.1, -0.05) is 17.7 Å². The van der Waals surface area contributed by atoms with Crippen LogP contribution in [0.5, 0.6) is 0 Å².